The molecule has 1 rings (SSSR count). The van der Waals surface area contributed by atoms with Crippen molar-refractivity contribution in [3.05, 3.63) is 29.8 Å². The Hall–Kier alpha value is -1.11. The predicted octanol–water partition coefficient (Wildman–Crippen LogP) is 1.50. The van der Waals surface area contributed by atoms with Crippen molar-refractivity contribution in [2.75, 3.05) is 26.1 Å². The fourth-order valence-electron chi connectivity index (χ4n) is 1.78. The standard InChI is InChI=1S/C13H19FN2O2S/c1-18-13(10(6-14)7-15)9-2-4-11(5-3-9)19-8-12(16)17/h2-5,10,13H,6-8,15H2,1H3,(H2,16,17). The molecule has 0 aliphatic carbocycles. The van der Waals surface area contributed by atoms with Crippen LogP contribution in [0.4, 0.5) is 4.39 Å². The highest BCUT2D eigenvalue weighted by molar-refractivity contribution is 8.00. The van der Waals surface area contributed by atoms with Crippen LogP contribution in [0.15, 0.2) is 29.2 Å². The predicted molar refractivity (Wildman–Crippen MR) is 74.6 cm³/mol. The third-order valence-corrected chi connectivity index (χ3v) is 3.81. The van der Waals surface area contributed by atoms with E-state index in [0.717, 1.165) is 10.5 Å². The molecule has 2 atom stereocenters. The van der Waals surface area contributed by atoms with Crippen molar-refractivity contribution in [2.24, 2.45) is 17.4 Å². The van der Waals surface area contributed by atoms with Gasteiger partial charge in [0.05, 0.1) is 18.5 Å². The third kappa shape index (κ3) is 4.81. The molecule has 0 aliphatic rings. The van der Waals surface area contributed by atoms with Gasteiger partial charge in [-0.15, -0.1) is 11.8 Å². The SMILES string of the molecule is COC(c1ccc(SCC(N)=O)cc1)C(CN)CF. The molecular formula is C13H19FN2O2S. The van der Waals surface area contributed by atoms with Crippen molar-refractivity contribution >= 4 is 17.7 Å². The van der Waals surface area contributed by atoms with E-state index in [1.807, 2.05) is 24.3 Å². The Morgan fingerprint density at radius 3 is 2.47 bits per heavy atom. The molecule has 6 heteroatoms. The minimum atomic E-state index is -0.521. The number of methoxy groups -OCH3 is 1. The van der Waals surface area contributed by atoms with Gasteiger partial charge in [-0.2, -0.15) is 0 Å². The lowest BCUT2D eigenvalue weighted by Gasteiger charge is -2.22. The van der Waals surface area contributed by atoms with Crippen molar-refractivity contribution < 1.29 is 13.9 Å². The smallest absolute Gasteiger partial charge is 0.227 e. The van der Waals surface area contributed by atoms with Crippen LogP contribution in [-0.2, 0) is 9.53 Å². The fraction of sp³-hybridized carbons (Fsp3) is 0.462. The number of rotatable bonds is 8. The quantitative estimate of drug-likeness (QED) is 0.710. The van der Waals surface area contributed by atoms with Gasteiger partial charge >= 0.3 is 0 Å². The molecule has 19 heavy (non-hydrogen) atoms. The Bertz CT molecular complexity index is 396. The topological polar surface area (TPSA) is 78.3 Å². The number of halogens is 1. The van der Waals surface area contributed by atoms with E-state index in [1.165, 1.54) is 11.8 Å². The van der Waals surface area contributed by atoms with Crippen molar-refractivity contribution in [1.29, 1.82) is 0 Å². The zero-order valence-electron chi connectivity index (χ0n) is 10.8. The molecule has 1 aromatic carbocycles. The summed E-state index contributed by atoms with van der Waals surface area (Å²) < 4.78 is 18.2. The van der Waals surface area contributed by atoms with Gasteiger partial charge in [0.2, 0.25) is 5.91 Å². The highest BCUT2D eigenvalue weighted by Gasteiger charge is 2.21. The normalized spacial score (nSPS) is 14.1. The Morgan fingerprint density at radius 2 is 2.05 bits per heavy atom. The first-order valence-electron chi connectivity index (χ1n) is 5.92. The number of alkyl halides is 1. The highest BCUT2D eigenvalue weighted by atomic mass is 32.2. The second-order valence-electron chi connectivity index (χ2n) is 4.13. The van der Waals surface area contributed by atoms with Crippen LogP contribution in [0.2, 0.25) is 0 Å². The monoisotopic (exact) mass is 286 g/mol. The summed E-state index contributed by atoms with van der Waals surface area (Å²) in [4.78, 5) is 11.6. The molecule has 0 heterocycles. The average molecular weight is 286 g/mol. The van der Waals surface area contributed by atoms with Crippen LogP contribution in [0.3, 0.4) is 0 Å². The molecule has 0 bridgehead atoms. The molecule has 0 fully saturated rings. The Kier molecular flexibility index (Phi) is 6.83. The molecule has 0 radical (unpaired) electrons. The molecule has 1 aromatic rings. The summed E-state index contributed by atoms with van der Waals surface area (Å²) >= 11 is 1.36. The van der Waals surface area contributed by atoms with Gasteiger partial charge in [0, 0.05) is 24.5 Å². The van der Waals surface area contributed by atoms with Gasteiger partial charge in [0.1, 0.15) is 0 Å². The van der Waals surface area contributed by atoms with Gasteiger partial charge in [-0.3, -0.25) is 9.18 Å². The maximum Gasteiger partial charge on any atom is 0.227 e. The van der Waals surface area contributed by atoms with Crippen LogP contribution < -0.4 is 11.5 Å². The molecule has 1 amide bonds. The number of benzene rings is 1. The van der Waals surface area contributed by atoms with Gasteiger partial charge in [0.25, 0.3) is 0 Å². The number of primary amides is 1. The summed E-state index contributed by atoms with van der Waals surface area (Å²) in [5, 5.41) is 0. The van der Waals surface area contributed by atoms with Crippen LogP contribution in [0.25, 0.3) is 0 Å². The maximum atomic E-state index is 12.9. The van der Waals surface area contributed by atoms with Gasteiger partial charge in [-0.1, -0.05) is 12.1 Å². The molecule has 0 aliphatic heterocycles. The van der Waals surface area contributed by atoms with Gasteiger partial charge in [0.15, 0.2) is 0 Å². The second kappa shape index (κ2) is 8.14. The number of thioether (sulfide) groups is 1. The van der Waals surface area contributed by atoms with E-state index in [1.54, 1.807) is 7.11 Å². The molecule has 0 saturated carbocycles. The van der Waals surface area contributed by atoms with Crippen LogP contribution in [0, 0.1) is 5.92 Å². The van der Waals surface area contributed by atoms with Crippen LogP contribution in [0.5, 0.6) is 0 Å². The lowest BCUT2D eigenvalue weighted by Crippen LogP contribution is -2.25. The molecule has 0 saturated heterocycles. The fourth-order valence-corrected chi connectivity index (χ4v) is 2.41. The van der Waals surface area contributed by atoms with Crippen LogP contribution in [-0.4, -0.2) is 32.0 Å². The van der Waals surface area contributed by atoms with Crippen molar-refractivity contribution in [2.45, 2.75) is 11.0 Å². The van der Waals surface area contributed by atoms with Crippen molar-refractivity contribution in [3.63, 3.8) is 0 Å². The van der Waals surface area contributed by atoms with Gasteiger partial charge in [-0.25, -0.2) is 0 Å². The highest BCUT2D eigenvalue weighted by Crippen LogP contribution is 2.27. The van der Waals surface area contributed by atoms with E-state index in [0.29, 0.717) is 0 Å². The molecule has 0 aromatic heterocycles. The molecular weight excluding hydrogens is 267 g/mol. The summed E-state index contributed by atoms with van der Waals surface area (Å²) in [6.07, 6.45) is -0.356. The zero-order valence-corrected chi connectivity index (χ0v) is 11.7. The number of amides is 1. The van der Waals surface area contributed by atoms with Crippen LogP contribution in [0.1, 0.15) is 11.7 Å². The summed E-state index contributed by atoms with van der Waals surface area (Å²) in [7, 11) is 1.54. The largest absolute Gasteiger partial charge is 0.376 e. The zero-order chi connectivity index (χ0) is 14.3. The van der Waals surface area contributed by atoms with E-state index < -0.39 is 6.67 Å². The van der Waals surface area contributed by atoms with E-state index in [9.17, 15) is 9.18 Å². The first kappa shape index (κ1) is 15.9. The first-order valence-corrected chi connectivity index (χ1v) is 6.90. The van der Waals surface area contributed by atoms with Crippen molar-refractivity contribution in [3.8, 4) is 0 Å². The Morgan fingerprint density at radius 1 is 1.42 bits per heavy atom. The van der Waals surface area contributed by atoms with E-state index >= 15 is 0 Å². The number of carbonyl (C=O) groups is 1. The van der Waals surface area contributed by atoms with Crippen LogP contribution >= 0.6 is 11.8 Å². The van der Waals surface area contributed by atoms with E-state index in [2.05, 4.69) is 0 Å². The minimum Gasteiger partial charge on any atom is -0.376 e. The number of hydrogen-bond acceptors (Lipinski definition) is 4. The van der Waals surface area contributed by atoms with E-state index in [-0.39, 0.29) is 30.2 Å². The van der Waals surface area contributed by atoms with Gasteiger partial charge < -0.3 is 16.2 Å². The Labute approximate surface area is 116 Å². The first-order chi connectivity index (χ1) is 9.12. The van der Waals surface area contributed by atoms with E-state index in [4.69, 9.17) is 16.2 Å². The summed E-state index contributed by atoms with van der Waals surface area (Å²) in [6.45, 7) is -0.291. The lowest BCUT2D eigenvalue weighted by molar-refractivity contribution is -0.115. The number of carbonyl (C=O) groups excluding carboxylic acids is 1. The number of nitrogens with two attached hydrogens (primary N) is 2. The minimum absolute atomic E-state index is 0.229. The average Bonchev–Trinajstić information content (AvgIpc) is 2.43. The third-order valence-electron chi connectivity index (χ3n) is 2.77. The Balaban J connectivity index is 2.75. The molecule has 4 N–H and O–H groups in total. The number of ether oxygens (including phenoxy) is 1. The number of hydrogen-bond donors (Lipinski definition) is 2. The van der Waals surface area contributed by atoms with Gasteiger partial charge in [-0.05, 0) is 17.7 Å². The summed E-state index contributed by atoms with van der Waals surface area (Å²) in [5.41, 5.74) is 11.5. The summed E-state index contributed by atoms with van der Waals surface area (Å²) in [6, 6.07) is 7.44. The lowest BCUT2D eigenvalue weighted by atomic mass is 9.97. The molecule has 2 unspecified atom stereocenters. The summed E-state index contributed by atoms with van der Waals surface area (Å²) in [5.74, 6) is -0.471. The maximum absolute atomic E-state index is 12.9. The second-order valence-corrected chi connectivity index (χ2v) is 5.18. The van der Waals surface area contributed by atoms with Crippen molar-refractivity contribution in [1.82, 2.24) is 0 Å². The molecule has 4 nitrogen and oxygen atoms in total. The molecule has 106 valence electrons. The molecule has 0 spiro atoms.